The summed E-state index contributed by atoms with van der Waals surface area (Å²) in [4.78, 5) is 26.2. The minimum atomic E-state index is -0.524. The highest BCUT2D eigenvalue weighted by Crippen LogP contribution is 2.35. The van der Waals surface area contributed by atoms with Gasteiger partial charge in [0, 0.05) is 5.02 Å². The number of imide groups is 1. The van der Waals surface area contributed by atoms with Crippen molar-refractivity contribution >= 4 is 57.9 Å². The Balaban J connectivity index is 1.95. The van der Waals surface area contributed by atoms with Crippen LogP contribution in [0.1, 0.15) is 19.4 Å². The lowest BCUT2D eigenvalue weighted by atomic mass is 10.1. The van der Waals surface area contributed by atoms with Gasteiger partial charge in [0.15, 0.2) is 11.5 Å². The van der Waals surface area contributed by atoms with E-state index in [0.29, 0.717) is 41.0 Å². The molecule has 1 N–H and O–H groups in total. The van der Waals surface area contributed by atoms with Crippen LogP contribution in [0.4, 0.5) is 10.5 Å². The Morgan fingerprint density at radius 1 is 1.14 bits per heavy atom. The van der Waals surface area contributed by atoms with Gasteiger partial charge in [-0.05, 0) is 78.4 Å². The molecule has 3 rings (SSSR count). The van der Waals surface area contributed by atoms with E-state index in [2.05, 4.69) is 27.9 Å². The maximum absolute atomic E-state index is 12.8. The lowest BCUT2D eigenvalue weighted by Gasteiger charge is -2.14. The molecule has 1 aliphatic rings. The number of ether oxygens (including phenoxy) is 2. The molecule has 146 valence electrons. The third-order valence-corrected chi connectivity index (χ3v) is 4.91. The second kappa shape index (κ2) is 8.83. The van der Waals surface area contributed by atoms with Crippen LogP contribution in [0.25, 0.3) is 6.08 Å². The molecule has 0 aromatic heterocycles. The van der Waals surface area contributed by atoms with Gasteiger partial charge in [-0.2, -0.15) is 0 Å². The first kappa shape index (κ1) is 20.5. The Labute approximate surface area is 181 Å². The lowest BCUT2D eigenvalue weighted by Crippen LogP contribution is -2.30. The average molecular weight is 513 g/mol. The maximum atomic E-state index is 12.8. The highest BCUT2D eigenvalue weighted by Gasteiger charge is 2.35. The van der Waals surface area contributed by atoms with Gasteiger partial charge in [-0.15, -0.1) is 0 Å². The van der Waals surface area contributed by atoms with E-state index in [4.69, 9.17) is 21.1 Å². The van der Waals surface area contributed by atoms with Crippen molar-refractivity contribution in [2.45, 2.75) is 13.8 Å². The molecule has 1 heterocycles. The van der Waals surface area contributed by atoms with Crippen molar-refractivity contribution in [2.24, 2.45) is 0 Å². The zero-order valence-electron chi connectivity index (χ0n) is 15.3. The average Bonchev–Trinajstić information content (AvgIpc) is 2.91. The van der Waals surface area contributed by atoms with Crippen molar-refractivity contribution in [3.63, 3.8) is 0 Å². The number of anilines is 1. The van der Waals surface area contributed by atoms with Crippen LogP contribution in [0.2, 0.25) is 5.02 Å². The summed E-state index contributed by atoms with van der Waals surface area (Å²) in [5.41, 5.74) is 1.30. The Morgan fingerprint density at radius 3 is 2.57 bits per heavy atom. The maximum Gasteiger partial charge on any atom is 0.333 e. The third kappa shape index (κ3) is 4.25. The van der Waals surface area contributed by atoms with Gasteiger partial charge in [0.2, 0.25) is 0 Å². The fourth-order valence-electron chi connectivity index (χ4n) is 2.77. The Morgan fingerprint density at radius 2 is 1.89 bits per heavy atom. The van der Waals surface area contributed by atoms with Crippen LogP contribution in [0, 0.1) is 3.57 Å². The number of hydrogen-bond donors (Lipinski definition) is 1. The van der Waals surface area contributed by atoms with Crippen molar-refractivity contribution in [3.8, 4) is 11.5 Å². The molecule has 0 spiro atoms. The lowest BCUT2D eigenvalue weighted by molar-refractivity contribution is -0.113. The first-order chi connectivity index (χ1) is 13.4. The largest absolute Gasteiger partial charge is 0.490 e. The summed E-state index contributed by atoms with van der Waals surface area (Å²) < 4.78 is 12.2. The Hall–Kier alpha value is -2.26. The van der Waals surface area contributed by atoms with E-state index in [1.807, 2.05) is 19.9 Å². The number of halogens is 2. The zero-order chi connectivity index (χ0) is 20.3. The zero-order valence-corrected chi connectivity index (χ0v) is 18.2. The predicted molar refractivity (Wildman–Crippen MR) is 117 cm³/mol. The molecule has 0 bridgehead atoms. The Bertz CT molecular complexity index is 961. The fraction of sp³-hybridized carbons (Fsp3) is 0.200. The smallest absolute Gasteiger partial charge is 0.333 e. The van der Waals surface area contributed by atoms with E-state index in [1.54, 1.807) is 36.4 Å². The van der Waals surface area contributed by atoms with Crippen LogP contribution in [0.15, 0.2) is 42.1 Å². The molecule has 6 nitrogen and oxygen atoms in total. The van der Waals surface area contributed by atoms with E-state index >= 15 is 0 Å². The number of urea groups is 1. The predicted octanol–water partition coefficient (Wildman–Crippen LogP) is 4.84. The second-order valence-electron chi connectivity index (χ2n) is 5.80. The van der Waals surface area contributed by atoms with Crippen LogP contribution in [-0.2, 0) is 4.79 Å². The molecule has 2 aromatic rings. The number of rotatable bonds is 6. The first-order valence-electron chi connectivity index (χ1n) is 8.66. The summed E-state index contributed by atoms with van der Waals surface area (Å²) in [5.74, 6) is 0.801. The highest BCUT2D eigenvalue weighted by molar-refractivity contribution is 14.1. The number of carbonyl (C=O) groups excluding carboxylic acids is 2. The number of benzene rings is 2. The third-order valence-electron chi connectivity index (χ3n) is 3.88. The monoisotopic (exact) mass is 512 g/mol. The summed E-state index contributed by atoms with van der Waals surface area (Å²) in [6, 6.07) is 9.70. The fourth-order valence-corrected chi connectivity index (χ4v) is 3.74. The number of amides is 3. The van der Waals surface area contributed by atoms with E-state index in [0.717, 1.165) is 8.47 Å². The highest BCUT2D eigenvalue weighted by atomic mass is 127. The first-order valence-corrected chi connectivity index (χ1v) is 10.1. The minimum Gasteiger partial charge on any atom is -0.490 e. The van der Waals surface area contributed by atoms with Gasteiger partial charge in [0.05, 0.1) is 22.5 Å². The van der Waals surface area contributed by atoms with E-state index in [-0.39, 0.29) is 5.70 Å². The van der Waals surface area contributed by atoms with Crippen LogP contribution >= 0.6 is 34.2 Å². The van der Waals surface area contributed by atoms with Crippen molar-refractivity contribution in [3.05, 3.63) is 56.3 Å². The number of nitrogens with one attached hydrogen (secondary N) is 1. The summed E-state index contributed by atoms with van der Waals surface area (Å²) in [7, 11) is 0. The quantitative estimate of drug-likeness (QED) is 0.342. The molecule has 1 saturated heterocycles. The summed E-state index contributed by atoms with van der Waals surface area (Å²) >= 11 is 8.13. The van der Waals surface area contributed by atoms with E-state index < -0.39 is 11.9 Å². The molecule has 0 aliphatic carbocycles. The molecule has 0 atom stereocenters. The molecule has 28 heavy (non-hydrogen) atoms. The molecule has 0 radical (unpaired) electrons. The van der Waals surface area contributed by atoms with Gasteiger partial charge >= 0.3 is 6.03 Å². The number of nitrogens with zero attached hydrogens (tertiary/aromatic N) is 1. The standard InChI is InChI=1S/C20H18ClIN2O4/c1-3-27-17-10-12(8-15(22)18(17)28-4-2)9-16-19(25)24(20(26)23-16)14-7-5-6-13(21)11-14/h5-11H,3-4H2,1-2H3,(H,23,26)/b16-9+. The van der Waals surface area contributed by atoms with Gasteiger partial charge in [-0.1, -0.05) is 17.7 Å². The van der Waals surface area contributed by atoms with Gasteiger partial charge < -0.3 is 14.8 Å². The Kier molecular flexibility index (Phi) is 6.46. The SMILES string of the molecule is CCOc1cc(/C=C2/NC(=O)N(c3cccc(Cl)c3)C2=O)cc(I)c1OCC. The van der Waals surface area contributed by atoms with Crippen LogP contribution in [0.3, 0.4) is 0 Å². The van der Waals surface area contributed by atoms with Gasteiger partial charge in [0.1, 0.15) is 5.70 Å². The molecule has 0 unspecified atom stereocenters. The molecule has 3 amide bonds. The van der Waals surface area contributed by atoms with Crippen LogP contribution < -0.4 is 19.7 Å². The summed E-state index contributed by atoms with van der Waals surface area (Å²) in [6.45, 7) is 4.78. The van der Waals surface area contributed by atoms with E-state index in [1.165, 1.54) is 0 Å². The van der Waals surface area contributed by atoms with Crippen molar-refractivity contribution < 1.29 is 19.1 Å². The topological polar surface area (TPSA) is 67.9 Å². The molecular formula is C20H18ClIN2O4. The number of hydrogen-bond acceptors (Lipinski definition) is 4. The van der Waals surface area contributed by atoms with Gasteiger partial charge in [0.25, 0.3) is 5.91 Å². The van der Waals surface area contributed by atoms with E-state index in [9.17, 15) is 9.59 Å². The van der Waals surface area contributed by atoms with Gasteiger partial charge in [-0.3, -0.25) is 4.79 Å². The minimum absolute atomic E-state index is 0.174. The normalized spacial score (nSPS) is 15.1. The van der Waals surface area contributed by atoms with Crippen molar-refractivity contribution in [1.29, 1.82) is 0 Å². The van der Waals surface area contributed by atoms with Crippen LogP contribution in [0.5, 0.6) is 11.5 Å². The van der Waals surface area contributed by atoms with Crippen molar-refractivity contribution in [1.82, 2.24) is 5.32 Å². The molecular weight excluding hydrogens is 495 g/mol. The van der Waals surface area contributed by atoms with Gasteiger partial charge in [-0.25, -0.2) is 9.69 Å². The summed E-state index contributed by atoms with van der Waals surface area (Å²) in [6.07, 6.45) is 1.62. The van der Waals surface area contributed by atoms with Crippen LogP contribution in [-0.4, -0.2) is 25.2 Å². The molecule has 1 aliphatic heterocycles. The second-order valence-corrected chi connectivity index (χ2v) is 7.40. The summed E-state index contributed by atoms with van der Waals surface area (Å²) in [5, 5.41) is 3.05. The molecule has 1 fully saturated rings. The molecule has 2 aromatic carbocycles. The molecule has 8 heteroatoms. The molecule has 0 saturated carbocycles. The van der Waals surface area contributed by atoms with Crippen molar-refractivity contribution in [2.75, 3.05) is 18.1 Å². The number of carbonyl (C=O) groups is 2.